The summed E-state index contributed by atoms with van der Waals surface area (Å²) in [5.74, 6) is 0. The van der Waals surface area contributed by atoms with Gasteiger partial charge in [-0.3, -0.25) is 15.0 Å². The Kier molecular flexibility index (Phi) is 3.58. The average Bonchev–Trinajstić information content (AvgIpc) is 2.63. The second-order valence-corrected chi connectivity index (χ2v) is 5.52. The van der Waals surface area contributed by atoms with Crippen molar-refractivity contribution in [1.82, 2.24) is 10.2 Å². The number of nitrogens with one attached hydrogen (secondary N) is 2. The van der Waals surface area contributed by atoms with E-state index in [-0.39, 0.29) is 17.3 Å². The molecule has 2 N–H and O–H groups in total. The van der Waals surface area contributed by atoms with E-state index in [0.717, 1.165) is 0 Å². The molecule has 1 aromatic rings. The predicted octanol–water partition coefficient (Wildman–Crippen LogP) is 2.10. The summed E-state index contributed by atoms with van der Waals surface area (Å²) in [5.41, 5.74) is 0.194. The van der Waals surface area contributed by atoms with Gasteiger partial charge in [-0.25, -0.2) is 4.79 Å². The monoisotopic (exact) mass is 294 g/mol. The van der Waals surface area contributed by atoms with E-state index >= 15 is 0 Å². The zero-order valence-electron chi connectivity index (χ0n) is 11.0. The molecule has 20 heavy (non-hydrogen) atoms. The molecule has 8 heteroatoms. The minimum absolute atomic E-state index is 0.0255. The molecule has 2 amide bonds. The van der Waals surface area contributed by atoms with Crippen LogP contribution in [0.1, 0.15) is 13.8 Å². The van der Waals surface area contributed by atoms with Crippen molar-refractivity contribution in [2.24, 2.45) is 0 Å². The third-order valence-electron chi connectivity index (χ3n) is 2.82. The molecule has 0 aliphatic carbocycles. The smallest absolute Gasteiger partial charge is 0.328 e. The van der Waals surface area contributed by atoms with Gasteiger partial charge in [0, 0.05) is 17.8 Å². The van der Waals surface area contributed by atoms with E-state index in [1.165, 1.54) is 29.2 Å². The predicted molar refractivity (Wildman–Crippen MR) is 78.6 cm³/mol. The van der Waals surface area contributed by atoms with Crippen molar-refractivity contribution in [2.45, 2.75) is 19.4 Å². The summed E-state index contributed by atoms with van der Waals surface area (Å²) in [5, 5.41) is 16.6. The van der Waals surface area contributed by atoms with E-state index < -0.39 is 4.92 Å². The first-order valence-corrected chi connectivity index (χ1v) is 6.34. The van der Waals surface area contributed by atoms with E-state index in [0.29, 0.717) is 17.3 Å². The number of carbonyl (C=O) groups is 1. The number of amides is 2. The van der Waals surface area contributed by atoms with Crippen molar-refractivity contribution in [1.29, 1.82) is 0 Å². The van der Waals surface area contributed by atoms with Crippen LogP contribution in [0.15, 0.2) is 24.3 Å². The molecular weight excluding hydrogens is 280 g/mol. The molecule has 0 unspecified atom stereocenters. The molecule has 1 fully saturated rings. The molecule has 0 radical (unpaired) electrons. The van der Waals surface area contributed by atoms with Gasteiger partial charge in [0.25, 0.3) is 5.69 Å². The largest absolute Gasteiger partial charge is 0.355 e. The van der Waals surface area contributed by atoms with Crippen LogP contribution >= 0.6 is 12.2 Å². The fraction of sp³-hybridized carbons (Fsp3) is 0.333. The first-order valence-electron chi connectivity index (χ1n) is 5.94. The molecule has 1 aromatic carbocycles. The highest BCUT2D eigenvalue weighted by Gasteiger charge is 2.35. The van der Waals surface area contributed by atoms with Crippen molar-refractivity contribution in [3.8, 4) is 0 Å². The Hall–Kier alpha value is -2.22. The van der Waals surface area contributed by atoms with Crippen LogP contribution in [0.4, 0.5) is 16.2 Å². The van der Waals surface area contributed by atoms with Gasteiger partial charge in [0.05, 0.1) is 17.0 Å². The first-order chi connectivity index (χ1) is 9.28. The summed E-state index contributed by atoms with van der Waals surface area (Å²) in [6.07, 6.45) is 0. The van der Waals surface area contributed by atoms with E-state index in [9.17, 15) is 14.9 Å². The van der Waals surface area contributed by atoms with Crippen molar-refractivity contribution in [2.75, 3.05) is 11.9 Å². The zero-order chi connectivity index (χ0) is 14.9. The molecule has 1 heterocycles. The van der Waals surface area contributed by atoms with Crippen LogP contribution in [0.5, 0.6) is 0 Å². The van der Waals surface area contributed by atoms with Crippen LogP contribution in [0.25, 0.3) is 0 Å². The quantitative estimate of drug-likeness (QED) is 0.495. The highest BCUT2D eigenvalue weighted by atomic mass is 32.1. The minimum atomic E-state index is -0.492. The zero-order valence-corrected chi connectivity index (χ0v) is 11.9. The molecule has 2 rings (SSSR count). The number of nitrogens with zero attached hydrogens (tertiary/aromatic N) is 2. The maximum Gasteiger partial charge on any atom is 0.328 e. The van der Waals surface area contributed by atoms with Crippen molar-refractivity contribution < 1.29 is 9.72 Å². The van der Waals surface area contributed by atoms with Gasteiger partial charge in [-0.2, -0.15) is 0 Å². The lowest BCUT2D eigenvalue weighted by Gasteiger charge is -2.17. The number of carbonyl (C=O) groups excluding carboxylic acids is 1. The lowest BCUT2D eigenvalue weighted by molar-refractivity contribution is -0.384. The van der Waals surface area contributed by atoms with Crippen molar-refractivity contribution in [3.05, 3.63) is 34.4 Å². The topological polar surface area (TPSA) is 87.5 Å². The Balaban J connectivity index is 2.05. The number of nitro benzene ring substituents is 1. The molecule has 0 saturated carbocycles. The SMILES string of the molecule is CC1(C)CN(C(=O)Nc2ccc([N+](=O)[O-])cc2)C(=S)N1. The van der Waals surface area contributed by atoms with Gasteiger partial charge in [0.15, 0.2) is 5.11 Å². The maximum absolute atomic E-state index is 12.1. The Morgan fingerprint density at radius 2 is 2.05 bits per heavy atom. The normalized spacial score (nSPS) is 16.7. The van der Waals surface area contributed by atoms with Gasteiger partial charge >= 0.3 is 6.03 Å². The van der Waals surface area contributed by atoms with Gasteiger partial charge in [-0.15, -0.1) is 0 Å². The van der Waals surface area contributed by atoms with E-state index in [1.807, 2.05) is 13.8 Å². The molecule has 0 atom stereocenters. The second kappa shape index (κ2) is 5.04. The van der Waals surface area contributed by atoms with Crippen molar-refractivity contribution in [3.63, 3.8) is 0 Å². The van der Waals surface area contributed by atoms with Crippen LogP contribution in [0.3, 0.4) is 0 Å². The van der Waals surface area contributed by atoms with Gasteiger partial charge in [0.2, 0.25) is 0 Å². The Bertz CT molecular complexity index is 571. The maximum atomic E-state index is 12.1. The summed E-state index contributed by atoms with van der Waals surface area (Å²) < 4.78 is 0. The minimum Gasteiger partial charge on any atom is -0.355 e. The number of benzene rings is 1. The number of hydrogen-bond donors (Lipinski definition) is 2. The molecule has 0 spiro atoms. The Labute approximate surface area is 121 Å². The number of nitro groups is 1. The van der Waals surface area contributed by atoms with Gasteiger partial charge in [-0.1, -0.05) is 0 Å². The Morgan fingerprint density at radius 3 is 2.50 bits per heavy atom. The van der Waals surface area contributed by atoms with Crippen LogP contribution in [0, 0.1) is 10.1 Å². The second-order valence-electron chi connectivity index (χ2n) is 5.13. The van der Waals surface area contributed by atoms with Gasteiger partial charge < -0.3 is 10.6 Å². The summed E-state index contributed by atoms with van der Waals surface area (Å²) >= 11 is 5.10. The number of urea groups is 1. The van der Waals surface area contributed by atoms with Crippen LogP contribution in [0.2, 0.25) is 0 Å². The standard InChI is InChI=1S/C12H14N4O3S/c1-12(2)7-15(11(20)14-12)10(17)13-8-3-5-9(6-4-8)16(18)19/h3-6H,7H2,1-2H3,(H,13,17)(H,14,20). The van der Waals surface area contributed by atoms with Crippen LogP contribution in [-0.4, -0.2) is 33.1 Å². The molecule has 0 aromatic heterocycles. The highest BCUT2D eigenvalue weighted by molar-refractivity contribution is 7.80. The number of hydrogen-bond acceptors (Lipinski definition) is 4. The average molecular weight is 294 g/mol. The Morgan fingerprint density at radius 1 is 1.45 bits per heavy atom. The number of anilines is 1. The number of non-ortho nitro benzene ring substituents is 1. The van der Waals surface area contributed by atoms with Crippen molar-refractivity contribution >= 4 is 34.7 Å². The third kappa shape index (κ3) is 3.02. The molecule has 1 aliphatic rings. The van der Waals surface area contributed by atoms with Crippen LogP contribution < -0.4 is 10.6 Å². The molecule has 0 bridgehead atoms. The van der Waals surface area contributed by atoms with E-state index in [2.05, 4.69) is 10.6 Å². The molecule has 1 saturated heterocycles. The lowest BCUT2D eigenvalue weighted by atomic mass is 10.1. The van der Waals surface area contributed by atoms with E-state index in [4.69, 9.17) is 12.2 Å². The van der Waals surface area contributed by atoms with Crippen LogP contribution in [-0.2, 0) is 0 Å². The van der Waals surface area contributed by atoms with Gasteiger partial charge in [0.1, 0.15) is 0 Å². The van der Waals surface area contributed by atoms with E-state index in [1.54, 1.807) is 0 Å². The molecular formula is C12H14N4O3S. The summed E-state index contributed by atoms with van der Waals surface area (Å²) in [7, 11) is 0. The first kappa shape index (κ1) is 14.2. The number of rotatable bonds is 2. The molecule has 106 valence electrons. The highest BCUT2D eigenvalue weighted by Crippen LogP contribution is 2.18. The summed E-state index contributed by atoms with van der Waals surface area (Å²) in [6, 6.07) is 5.27. The lowest BCUT2D eigenvalue weighted by Crippen LogP contribution is -2.37. The molecule has 1 aliphatic heterocycles. The van der Waals surface area contributed by atoms with Gasteiger partial charge in [-0.05, 0) is 38.2 Å². The fourth-order valence-corrected chi connectivity index (χ4v) is 2.31. The molecule has 7 nitrogen and oxygen atoms in total. The fourth-order valence-electron chi connectivity index (χ4n) is 1.89. The summed E-state index contributed by atoms with van der Waals surface area (Å²) in [4.78, 5) is 23.6. The third-order valence-corrected chi connectivity index (χ3v) is 3.14. The summed E-state index contributed by atoms with van der Waals surface area (Å²) in [6.45, 7) is 4.35. The number of thiocarbonyl (C=S) groups is 1.